The van der Waals surface area contributed by atoms with Gasteiger partial charge in [-0.05, 0) is 26.3 Å². The van der Waals surface area contributed by atoms with Crippen molar-refractivity contribution in [1.82, 2.24) is 25.3 Å². The zero-order valence-electron chi connectivity index (χ0n) is 13.5. The van der Waals surface area contributed by atoms with E-state index in [4.69, 9.17) is 4.74 Å². The fraction of sp³-hybridized carbons (Fsp3) is 0.733. The lowest BCUT2D eigenvalue weighted by atomic mass is 10.0. The Morgan fingerprint density at radius 3 is 2.77 bits per heavy atom. The lowest BCUT2D eigenvalue weighted by molar-refractivity contribution is -0.00874. The molecule has 1 aliphatic heterocycles. The summed E-state index contributed by atoms with van der Waals surface area (Å²) < 4.78 is 7.23. The zero-order valence-corrected chi connectivity index (χ0v) is 13.5. The van der Waals surface area contributed by atoms with Gasteiger partial charge in [0.05, 0.1) is 13.2 Å². The zero-order chi connectivity index (χ0) is 15.8. The molecule has 1 aromatic heterocycles. The number of ether oxygens (including phenoxy) is 1. The maximum absolute atomic E-state index is 11.8. The van der Waals surface area contributed by atoms with Crippen LogP contribution in [0.4, 0.5) is 4.79 Å². The number of carbonyl (C=O) groups is 1. The summed E-state index contributed by atoms with van der Waals surface area (Å²) in [7, 11) is 0. The minimum absolute atomic E-state index is 0.0593. The molecule has 0 unspecified atom stereocenters. The van der Waals surface area contributed by atoms with E-state index in [1.165, 1.54) is 0 Å². The van der Waals surface area contributed by atoms with Gasteiger partial charge in [0, 0.05) is 50.7 Å². The standard InChI is InChI=1S/C15H27N5O2/c1-15(2,19-9-11-22-12-10-19)13-17-14(21)16-5-3-7-20-8-4-6-18-20/h4,6,8H,3,5,7,9-13H2,1-2H3,(H2,16,17,21). The maximum Gasteiger partial charge on any atom is 0.314 e. The summed E-state index contributed by atoms with van der Waals surface area (Å²) in [5.74, 6) is 0. The van der Waals surface area contributed by atoms with Gasteiger partial charge in [-0.15, -0.1) is 0 Å². The second-order valence-corrected chi connectivity index (χ2v) is 6.14. The molecule has 0 aliphatic carbocycles. The van der Waals surface area contributed by atoms with Gasteiger partial charge in [0.15, 0.2) is 0 Å². The van der Waals surface area contributed by atoms with E-state index in [1.807, 2.05) is 16.9 Å². The van der Waals surface area contributed by atoms with Crippen molar-refractivity contribution < 1.29 is 9.53 Å². The summed E-state index contributed by atoms with van der Waals surface area (Å²) in [5.41, 5.74) is -0.0593. The molecule has 2 heterocycles. The minimum Gasteiger partial charge on any atom is -0.379 e. The second kappa shape index (κ2) is 8.14. The third-order valence-electron chi connectivity index (χ3n) is 3.96. The fourth-order valence-corrected chi connectivity index (χ4v) is 2.52. The van der Waals surface area contributed by atoms with Gasteiger partial charge in [-0.25, -0.2) is 4.79 Å². The highest BCUT2D eigenvalue weighted by molar-refractivity contribution is 5.73. The molecule has 0 saturated carbocycles. The molecule has 1 fully saturated rings. The lowest BCUT2D eigenvalue weighted by Crippen LogP contribution is -2.56. The van der Waals surface area contributed by atoms with Crippen molar-refractivity contribution >= 4 is 6.03 Å². The molecule has 22 heavy (non-hydrogen) atoms. The Balaban J connectivity index is 1.60. The predicted molar refractivity (Wildman–Crippen MR) is 84.7 cm³/mol. The second-order valence-electron chi connectivity index (χ2n) is 6.14. The maximum atomic E-state index is 11.8. The number of nitrogens with zero attached hydrogens (tertiary/aromatic N) is 3. The van der Waals surface area contributed by atoms with Gasteiger partial charge in [0.25, 0.3) is 0 Å². The number of aromatic nitrogens is 2. The Hall–Kier alpha value is -1.60. The number of hydrogen-bond donors (Lipinski definition) is 2. The van der Waals surface area contributed by atoms with Gasteiger partial charge >= 0.3 is 6.03 Å². The third kappa shape index (κ3) is 5.31. The molecule has 124 valence electrons. The van der Waals surface area contributed by atoms with Gasteiger partial charge in [-0.1, -0.05) is 0 Å². The predicted octanol–water partition coefficient (Wildman–Crippen LogP) is 0.683. The van der Waals surface area contributed by atoms with Crippen LogP contribution < -0.4 is 10.6 Å². The highest BCUT2D eigenvalue weighted by atomic mass is 16.5. The van der Waals surface area contributed by atoms with E-state index in [0.717, 1.165) is 39.3 Å². The van der Waals surface area contributed by atoms with Crippen LogP contribution in [0.25, 0.3) is 0 Å². The summed E-state index contributed by atoms with van der Waals surface area (Å²) in [4.78, 5) is 14.2. The molecule has 0 spiro atoms. The number of carbonyl (C=O) groups excluding carboxylic acids is 1. The third-order valence-corrected chi connectivity index (χ3v) is 3.96. The summed E-state index contributed by atoms with van der Waals surface area (Å²) >= 11 is 0. The smallest absolute Gasteiger partial charge is 0.314 e. The Labute approximate surface area is 132 Å². The van der Waals surface area contributed by atoms with E-state index < -0.39 is 0 Å². The van der Waals surface area contributed by atoms with E-state index in [9.17, 15) is 4.79 Å². The van der Waals surface area contributed by atoms with Crippen LogP contribution in [0.3, 0.4) is 0 Å². The van der Waals surface area contributed by atoms with Crippen molar-refractivity contribution in [3.05, 3.63) is 18.5 Å². The van der Waals surface area contributed by atoms with Crippen LogP contribution in [0.2, 0.25) is 0 Å². The molecule has 2 amide bonds. The molecule has 1 saturated heterocycles. The fourth-order valence-electron chi connectivity index (χ4n) is 2.52. The molecule has 0 radical (unpaired) electrons. The van der Waals surface area contributed by atoms with E-state index >= 15 is 0 Å². The molecule has 1 aromatic rings. The van der Waals surface area contributed by atoms with Crippen molar-refractivity contribution in [3.8, 4) is 0 Å². The highest BCUT2D eigenvalue weighted by Gasteiger charge is 2.28. The number of hydrogen-bond acceptors (Lipinski definition) is 4. The number of nitrogens with one attached hydrogen (secondary N) is 2. The average Bonchev–Trinajstić information content (AvgIpc) is 3.04. The van der Waals surface area contributed by atoms with Crippen LogP contribution in [-0.2, 0) is 11.3 Å². The first-order valence-electron chi connectivity index (χ1n) is 7.90. The number of morpholine rings is 1. The van der Waals surface area contributed by atoms with Gasteiger partial charge in [-0.2, -0.15) is 5.10 Å². The number of aryl methyl sites for hydroxylation is 1. The Morgan fingerprint density at radius 2 is 2.09 bits per heavy atom. The summed E-state index contributed by atoms with van der Waals surface area (Å²) in [6.45, 7) is 9.74. The molecular formula is C15H27N5O2. The molecule has 0 atom stereocenters. The van der Waals surface area contributed by atoms with E-state index in [1.54, 1.807) is 6.20 Å². The number of amides is 2. The Morgan fingerprint density at radius 1 is 1.32 bits per heavy atom. The van der Waals surface area contributed by atoms with Crippen LogP contribution in [0.15, 0.2) is 18.5 Å². The molecule has 0 aromatic carbocycles. The van der Waals surface area contributed by atoms with E-state index in [2.05, 4.69) is 34.5 Å². The van der Waals surface area contributed by atoms with Crippen LogP contribution in [0.5, 0.6) is 0 Å². The summed E-state index contributed by atoms with van der Waals surface area (Å²) in [5, 5.41) is 9.97. The van der Waals surface area contributed by atoms with Crippen molar-refractivity contribution in [2.75, 3.05) is 39.4 Å². The molecule has 7 nitrogen and oxygen atoms in total. The topological polar surface area (TPSA) is 71.4 Å². The van der Waals surface area contributed by atoms with Crippen molar-refractivity contribution in [2.24, 2.45) is 0 Å². The van der Waals surface area contributed by atoms with E-state index in [0.29, 0.717) is 13.1 Å². The van der Waals surface area contributed by atoms with Crippen LogP contribution >= 0.6 is 0 Å². The van der Waals surface area contributed by atoms with Crippen molar-refractivity contribution in [2.45, 2.75) is 32.4 Å². The summed E-state index contributed by atoms with van der Waals surface area (Å²) in [6.07, 6.45) is 4.54. The largest absolute Gasteiger partial charge is 0.379 e. The minimum atomic E-state index is -0.109. The highest BCUT2D eigenvalue weighted by Crippen LogP contribution is 2.14. The number of urea groups is 1. The van der Waals surface area contributed by atoms with Gasteiger partial charge in [0.1, 0.15) is 0 Å². The normalized spacial score (nSPS) is 16.5. The van der Waals surface area contributed by atoms with Crippen molar-refractivity contribution in [3.63, 3.8) is 0 Å². The first kappa shape index (κ1) is 16.8. The molecule has 2 rings (SSSR count). The average molecular weight is 309 g/mol. The lowest BCUT2D eigenvalue weighted by Gasteiger charge is -2.40. The van der Waals surface area contributed by atoms with E-state index in [-0.39, 0.29) is 11.6 Å². The monoisotopic (exact) mass is 309 g/mol. The molecule has 0 bridgehead atoms. The molecule has 2 N–H and O–H groups in total. The Bertz CT molecular complexity index is 441. The van der Waals surface area contributed by atoms with Crippen LogP contribution in [0, 0.1) is 0 Å². The molecule has 7 heteroatoms. The Kier molecular flexibility index (Phi) is 6.21. The number of rotatable bonds is 7. The molecular weight excluding hydrogens is 282 g/mol. The SMILES string of the molecule is CC(C)(CNC(=O)NCCCn1cccn1)N1CCOCC1. The van der Waals surface area contributed by atoms with Gasteiger partial charge in [-0.3, -0.25) is 9.58 Å². The quantitative estimate of drug-likeness (QED) is 0.727. The first-order chi connectivity index (χ1) is 10.6. The van der Waals surface area contributed by atoms with Crippen LogP contribution in [0.1, 0.15) is 20.3 Å². The van der Waals surface area contributed by atoms with Crippen LogP contribution in [-0.4, -0.2) is 65.6 Å². The van der Waals surface area contributed by atoms with Gasteiger partial charge in [0.2, 0.25) is 0 Å². The van der Waals surface area contributed by atoms with Gasteiger partial charge < -0.3 is 15.4 Å². The summed E-state index contributed by atoms with van der Waals surface area (Å²) in [6, 6.07) is 1.79. The molecule has 1 aliphatic rings. The van der Waals surface area contributed by atoms with Crippen molar-refractivity contribution in [1.29, 1.82) is 0 Å². The first-order valence-corrected chi connectivity index (χ1v) is 7.90.